The second-order valence-electron chi connectivity index (χ2n) is 8.99. The average molecular weight is 476 g/mol. The lowest BCUT2D eigenvalue weighted by Gasteiger charge is -2.06. The van der Waals surface area contributed by atoms with E-state index in [4.69, 9.17) is 4.98 Å². The first-order chi connectivity index (χ1) is 17.2. The molecule has 6 heterocycles. The Hall–Kier alpha value is -4.37. The molecule has 1 aliphatic carbocycles. The van der Waals surface area contributed by atoms with Crippen LogP contribution in [0.3, 0.4) is 0 Å². The maximum atomic E-state index is 13.5. The number of rotatable bonds is 1. The number of fused-ring (bicyclic) bond motifs is 9. The van der Waals surface area contributed by atoms with Gasteiger partial charge in [-0.25, -0.2) is 4.98 Å². The lowest BCUT2D eigenvalue weighted by atomic mass is 10.2. The van der Waals surface area contributed by atoms with Gasteiger partial charge in [-0.15, -0.1) is 11.3 Å². The van der Waals surface area contributed by atoms with Crippen molar-refractivity contribution in [1.82, 2.24) is 34.7 Å². The summed E-state index contributed by atoms with van der Waals surface area (Å²) in [4.78, 5) is 31.9. The van der Waals surface area contributed by atoms with Crippen LogP contribution in [-0.2, 0) is 0 Å². The van der Waals surface area contributed by atoms with Gasteiger partial charge in [-0.1, -0.05) is 12.1 Å². The first-order valence-electron chi connectivity index (χ1n) is 11.5. The highest BCUT2D eigenvalue weighted by Crippen LogP contribution is 2.34. The Kier molecular flexibility index (Phi) is 3.71. The molecule has 0 atom stereocenters. The lowest BCUT2D eigenvalue weighted by Crippen LogP contribution is -2.12. The number of imidazole rings is 1. The van der Waals surface area contributed by atoms with Crippen LogP contribution >= 0.6 is 11.3 Å². The van der Waals surface area contributed by atoms with Gasteiger partial charge in [0.15, 0.2) is 5.65 Å². The molecule has 9 heteroatoms. The third kappa shape index (κ3) is 2.82. The van der Waals surface area contributed by atoms with Crippen LogP contribution in [-0.4, -0.2) is 40.6 Å². The Labute approximate surface area is 201 Å². The van der Waals surface area contributed by atoms with Crippen LogP contribution in [0.2, 0.25) is 0 Å². The van der Waals surface area contributed by atoms with E-state index in [-0.39, 0.29) is 11.8 Å². The summed E-state index contributed by atoms with van der Waals surface area (Å²) in [6, 6.07) is 14.2. The number of aromatic amines is 2. The number of thiophene rings is 1. The largest absolute Gasteiger partial charge is 0.337 e. The number of hydrogen-bond acceptors (Lipinski definition) is 6. The Balaban J connectivity index is 1.65. The van der Waals surface area contributed by atoms with Crippen molar-refractivity contribution < 1.29 is 4.79 Å². The number of hydrogen-bond donors (Lipinski definition) is 2. The number of aromatic nitrogens is 7. The smallest absolute Gasteiger partial charge is 0.235 e. The number of nitrogens with zero attached hydrogens (tertiary/aromatic N) is 5. The van der Waals surface area contributed by atoms with Crippen molar-refractivity contribution in [2.75, 3.05) is 0 Å². The van der Waals surface area contributed by atoms with Crippen molar-refractivity contribution in [3.05, 3.63) is 61.1 Å². The molecule has 1 fully saturated rings. The fraction of sp³-hybridized carbons (Fsp3) is 0.115. The van der Waals surface area contributed by atoms with E-state index in [0.29, 0.717) is 5.65 Å². The Morgan fingerprint density at radius 3 is 2.86 bits per heavy atom. The molecule has 35 heavy (non-hydrogen) atoms. The number of benzene rings is 1. The molecule has 7 aromatic rings. The van der Waals surface area contributed by atoms with Crippen LogP contribution in [0.5, 0.6) is 0 Å². The molecule has 0 aliphatic heterocycles. The number of nitrogens with one attached hydrogen (secondary N) is 2. The summed E-state index contributed by atoms with van der Waals surface area (Å²) in [5.74, 6) is 0.175. The van der Waals surface area contributed by atoms with E-state index in [1.807, 2.05) is 34.9 Å². The minimum Gasteiger partial charge on any atom is -0.337 e. The molecule has 168 valence electrons. The number of H-pyrrole nitrogens is 2. The third-order valence-electron chi connectivity index (χ3n) is 6.69. The summed E-state index contributed by atoms with van der Waals surface area (Å²) >= 11 is 1.58. The standard InChI is InChI=1S/C26H17N7OS/c34-26(13-4-5-13)33-15-8-14(10-27-11-15)19-9-17-20(12-28-19)31-32-24(17)25-29-18-3-1-2-16(23(18)30-25)21-6-7-22(33)35-21/h1-3,6-13H,4-5H2,(H,29,30)(H,31,32). The van der Waals surface area contributed by atoms with Crippen LogP contribution in [0.15, 0.2) is 61.1 Å². The van der Waals surface area contributed by atoms with Crippen molar-refractivity contribution >= 4 is 81.7 Å². The second kappa shape index (κ2) is 6.83. The molecule has 2 N–H and O–H groups in total. The number of carbonyl (C=O) groups excluding carboxylic acids is 1. The van der Waals surface area contributed by atoms with E-state index in [9.17, 15) is 4.79 Å². The quantitative estimate of drug-likeness (QED) is 0.308. The maximum Gasteiger partial charge on any atom is 0.235 e. The minimum absolute atomic E-state index is 0.0617. The van der Waals surface area contributed by atoms with Crippen molar-refractivity contribution in [3.8, 4) is 0 Å². The molecule has 8 rings (SSSR count). The summed E-state index contributed by atoms with van der Waals surface area (Å²) in [6.45, 7) is 0. The fourth-order valence-electron chi connectivity index (χ4n) is 4.76. The van der Waals surface area contributed by atoms with Crippen molar-refractivity contribution in [2.45, 2.75) is 12.8 Å². The average Bonchev–Trinajstić information content (AvgIpc) is 3.26. The van der Waals surface area contributed by atoms with Crippen molar-refractivity contribution in [1.29, 1.82) is 0 Å². The summed E-state index contributed by atoms with van der Waals surface area (Å²) in [6.07, 6.45) is 7.17. The van der Waals surface area contributed by atoms with Crippen LogP contribution < -0.4 is 0 Å². The van der Waals surface area contributed by atoms with Gasteiger partial charge in [0.05, 0.1) is 40.0 Å². The Morgan fingerprint density at radius 1 is 1.00 bits per heavy atom. The van der Waals surface area contributed by atoms with E-state index < -0.39 is 0 Å². The summed E-state index contributed by atoms with van der Waals surface area (Å²) in [5.41, 5.74) is 5.57. The zero-order valence-electron chi connectivity index (χ0n) is 18.3. The number of pyridine rings is 2. The van der Waals surface area contributed by atoms with Crippen LogP contribution in [0.4, 0.5) is 0 Å². The van der Waals surface area contributed by atoms with Gasteiger partial charge in [0.1, 0.15) is 10.3 Å². The van der Waals surface area contributed by atoms with Gasteiger partial charge in [0.25, 0.3) is 0 Å². The lowest BCUT2D eigenvalue weighted by molar-refractivity contribution is 0.0896. The SMILES string of the molecule is O=C(C1CC1)n1c2cncc(c2)c2cc3c(cn2)[nH]nc3c2nc3c(cccc3c3ccc1s3)[nH]2. The topological polar surface area (TPSA) is 105 Å². The normalized spacial score (nSPS) is 14.1. The van der Waals surface area contributed by atoms with Gasteiger partial charge in [-0.2, -0.15) is 5.10 Å². The molecule has 8 nitrogen and oxygen atoms in total. The van der Waals surface area contributed by atoms with Crippen LogP contribution in [0, 0.1) is 5.92 Å². The molecule has 1 aromatic carbocycles. The fourth-order valence-corrected chi connectivity index (χ4v) is 5.82. The molecule has 6 aromatic heterocycles. The molecule has 1 saturated carbocycles. The first-order valence-corrected chi connectivity index (χ1v) is 12.3. The molecular weight excluding hydrogens is 458 g/mol. The zero-order chi connectivity index (χ0) is 23.1. The van der Waals surface area contributed by atoms with Crippen LogP contribution in [0.1, 0.15) is 17.6 Å². The third-order valence-corrected chi connectivity index (χ3v) is 7.79. The molecule has 0 saturated heterocycles. The van der Waals surface area contributed by atoms with E-state index in [1.165, 1.54) is 0 Å². The van der Waals surface area contributed by atoms with Gasteiger partial charge in [0.2, 0.25) is 5.91 Å². The number of carbonyl (C=O) groups is 1. The van der Waals surface area contributed by atoms with E-state index in [0.717, 1.165) is 71.6 Å². The minimum atomic E-state index is 0.0617. The van der Waals surface area contributed by atoms with E-state index in [2.05, 4.69) is 37.3 Å². The Morgan fingerprint density at radius 2 is 1.94 bits per heavy atom. The van der Waals surface area contributed by atoms with Gasteiger partial charge in [-0.05, 0) is 43.2 Å². The zero-order valence-corrected chi connectivity index (χ0v) is 19.1. The van der Waals surface area contributed by atoms with Gasteiger partial charge < -0.3 is 4.98 Å². The highest BCUT2D eigenvalue weighted by atomic mass is 32.1. The Bertz CT molecular complexity index is 2060. The first kappa shape index (κ1) is 19.0. The highest BCUT2D eigenvalue weighted by molar-refractivity contribution is 7.24. The predicted octanol–water partition coefficient (Wildman–Crippen LogP) is 5.88. The maximum absolute atomic E-state index is 13.5. The molecule has 0 amide bonds. The summed E-state index contributed by atoms with van der Waals surface area (Å²) in [7, 11) is 0. The van der Waals surface area contributed by atoms with E-state index in [1.54, 1.807) is 29.9 Å². The molecular formula is C26H17N7OS. The predicted molar refractivity (Wildman–Crippen MR) is 138 cm³/mol. The molecule has 1 aliphatic rings. The number of para-hydroxylation sites is 1. The van der Waals surface area contributed by atoms with E-state index >= 15 is 0 Å². The molecule has 0 spiro atoms. The summed E-state index contributed by atoms with van der Waals surface area (Å²) in [5, 5.41) is 10.4. The molecule has 0 unspecified atom stereocenters. The van der Waals surface area contributed by atoms with Crippen LogP contribution in [0.25, 0.3) is 64.4 Å². The second-order valence-corrected chi connectivity index (χ2v) is 10.1. The molecule has 8 bridgehead atoms. The monoisotopic (exact) mass is 475 g/mol. The van der Waals surface area contributed by atoms with Gasteiger partial charge >= 0.3 is 0 Å². The van der Waals surface area contributed by atoms with Crippen molar-refractivity contribution in [3.63, 3.8) is 0 Å². The van der Waals surface area contributed by atoms with Gasteiger partial charge in [-0.3, -0.25) is 24.4 Å². The van der Waals surface area contributed by atoms with Crippen molar-refractivity contribution in [2.24, 2.45) is 5.92 Å². The molecule has 0 radical (unpaired) electrons. The van der Waals surface area contributed by atoms with Gasteiger partial charge in [0, 0.05) is 33.0 Å². The summed E-state index contributed by atoms with van der Waals surface area (Å²) < 4.78 is 2.87. The highest BCUT2D eigenvalue weighted by Gasteiger charge is 2.31.